The highest BCUT2D eigenvalue weighted by Crippen LogP contribution is 2.38. The number of aliphatic imine (C=N–C) groups is 1. The van der Waals surface area contributed by atoms with E-state index in [0.29, 0.717) is 25.9 Å². The molecule has 0 unspecified atom stereocenters. The molecule has 7 nitrogen and oxygen atoms in total. The van der Waals surface area contributed by atoms with Crippen LogP contribution in [0.2, 0.25) is 0 Å². The van der Waals surface area contributed by atoms with Crippen molar-refractivity contribution in [1.29, 1.82) is 0 Å². The van der Waals surface area contributed by atoms with Gasteiger partial charge in [-0.2, -0.15) is 0 Å². The molecule has 0 aliphatic carbocycles. The molecule has 1 fully saturated rings. The lowest BCUT2D eigenvalue weighted by Crippen LogP contribution is -2.19. The summed E-state index contributed by atoms with van der Waals surface area (Å²) >= 11 is 7.95. The van der Waals surface area contributed by atoms with Gasteiger partial charge in [0.1, 0.15) is 0 Å². The number of thioether (sulfide) groups is 1. The van der Waals surface area contributed by atoms with Crippen LogP contribution < -0.4 is 14.8 Å². The first-order valence-electron chi connectivity index (χ1n) is 8.13. The predicted octanol–water partition coefficient (Wildman–Crippen LogP) is 4.58. The molecule has 1 amide bonds. The number of hydrogen-bond donors (Lipinski definition) is 2. The van der Waals surface area contributed by atoms with Crippen LogP contribution in [0.5, 0.6) is 11.5 Å². The van der Waals surface area contributed by atoms with E-state index in [9.17, 15) is 9.59 Å². The molecular weight excluding hydrogens is 528 g/mol. The fraction of sp³-hybridized carbons (Fsp3) is 0.105. The summed E-state index contributed by atoms with van der Waals surface area (Å²) in [5, 5.41) is 12.0. The zero-order valence-electron chi connectivity index (χ0n) is 14.9. The number of ether oxygens (including phenoxy) is 2. The Balaban J connectivity index is 1.84. The molecule has 3 rings (SSSR count). The normalized spacial score (nSPS) is 16.2. The first kappa shape index (κ1) is 21.4. The lowest BCUT2D eigenvalue weighted by molar-refractivity contribution is -0.139. The quantitative estimate of drug-likeness (QED) is 0.520. The minimum atomic E-state index is -1.10. The number of carbonyl (C=O) groups excluding carboxylic acids is 1. The molecule has 0 spiro atoms. The van der Waals surface area contributed by atoms with Crippen LogP contribution >= 0.6 is 43.6 Å². The highest BCUT2D eigenvalue weighted by atomic mass is 79.9. The summed E-state index contributed by atoms with van der Waals surface area (Å²) < 4.78 is 12.0. The number of carboxylic acid groups (broad SMARTS) is 1. The van der Waals surface area contributed by atoms with E-state index in [1.807, 2.05) is 24.3 Å². The van der Waals surface area contributed by atoms with E-state index in [1.165, 1.54) is 18.9 Å². The molecule has 2 aromatic rings. The number of hydrogen-bond acceptors (Lipinski definition) is 6. The topological polar surface area (TPSA) is 97.2 Å². The fourth-order valence-electron chi connectivity index (χ4n) is 2.36. The number of amides is 1. The van der Waals surface area contributed by atoms with Crippen LogP contribution in [0.4, 0.5) is 5.69 Å². The first-order valence-corrected chi connectivity index (χ1v) is 10.5. The molecule has 1 saturated heterocycles. The second-order valence-corrected chi connectivity index (χ2v) is 8.48. The first-order chi connectivity index (χ1) is 13.9. The van der Waals surface area contributed by atoms with Gasteiger partial charge in [0.15, 0.2) is 23.3 Å². The molecule has 0 atom stereocenters. The Bertz CT molecular complexity index is 1020. The number of methoxy groups -OCH3 is 1. The van der Waals surface area contributed by atoms with Crippen LogP contribution in [0.15, 0.2) is 55.2 Å². The highest BCUT2D eigenvalue weighted by molar-refractivity contribution is 9.10. The number of aliphatic carboxylic acids is 1. The van der Waals surface area contributed by atoms with Crippen LogP contribution in [0.25, 0.3) is 6.08 Å². The second-order valence-electron chi connectivity index (χ2n) is 5.67. The van der Waals surface area contributed by atoms with Gasteiger partial charge in [-0.15, -0.1) is 0 Å². The molecule has 10 heteroatoms. The van der Waals surface area contributed by atoms with Crippen molar-refractivity contribution in [2.24, 2.45) is 4.99 Å². The van der Waals surface area contributed by atoms with Gasteiger partial charge in [0, 0.05) is 4.47 Å². The minimum absolute atomic E-state index is 0.257. The molecule has 0 radical (unpaired) electrons. The molecule has 1 aliphatic rings. The number of rotatable bonds is 6. The Hall–Kier alpha value is -2.30. The summed E-state index contributed by atoms with van der Waals surface area (Å²) in [7, 11) is 1.45. The number of halogens is 2. The summed E-state index contributed by atoms with van der Waals surface area (Å²) in [6.07, 6.45) is 1.69. The maximum Gasteiger partial charge on any atom is 0.341 e. The Kier molecular flexibility index (Phi) is 6.99. The molecule has 0 bridgehead atoms. The third-order valence-corrected chi connectivity index (χ3v) is 5.63. The zero-order chi connectivity index (χ0) is 21.0. The molecule has 2 N–H and O–H groups in total. The van der Waals surface area contributed by atoms with E-state index in [-0.39, 0.29) is 11.7 Å². The Morgan fingerprint density at radius 3 is 2.66 bits per heavy atom. The SMILES string of the molecule is COc1cc(C=C2SC(=Nc3ccc(Br)cc3)NC2=O)cc(Br)c1OCC(=O)O. The lowest BCUT2D eigenvalue weighted by Gasteiger charge is -2.12. The summed E-state index contributed by atoms with van der Waals surface area (Å²) in [4.78, 5) is 27.9. The summed E-state index contributed by atoms with van der Waals surface area (Å²) in [5.41, 5.74) is 1.40. The van der Waals surface area contributed by atoms with E-state index in [4.69, 9.17) is 14.6 Å². The monoisotopic (exact) mass is 540 g/mol. The van der Waals surface area contributed by atoms with Gasteiger partial charge >= 0.3 is 5.97 Å². The second kappa shape index (κ2) is 9.47. The van der Waals surface area contributed by atoms with E-state index in [1.54, 1.807) is 18.2 Å². The van der Waals surface area contributed by atoms with Crippen molar-refractivity contribution in [3.63, 3.8) is 0 Å². The van der Waals surface area contributed by atoms with Gasteiger partial charge in [0.2, 0.25) is 0 Å². The van der Waals surface area contributed by atoms with Crippen LogP contribution in [0, 0.1) is 0 Å². The van der Waals surface area contributed by atoms with Gasteiger partial charge in [0.05, 0.1) is 22.2 Å². The number of nitrogens with one attached hydrogen (secondary N) is 1. The van der Waals surface area contributed by atoms with Crippen LogP contribution in [0.1, 0.15) is 5.56 Å². The zero-order valence-corrected chi connectivity index (χ0v) is 18.9. The fourth-order valence-corrected chi connectivity index (χ4v) is 4.04. The average molecular weight is 542 g/mol. The van der Waals surface area contributed by atoms with E-state index >= 15 is 0 Å². The third kappa shape index (κ3) is 5.62. The smallest absolute Gasteiger partial charge is 0.341 e. The molecule has 0 saturated carbocycles. The molecular formula is C19H14Br2N2O5S. The van der Waals surface area contributed by atoms with Gasteiger partial charge in [-0.1, -0.05) is 15.9 Å². The molecule has 1 aliphatic heterocycles. The van der Waals surface area contributed by atoms with Crippen molar-refractivity contribution in [2.75, 3.05) is 13.7 Å². The molecule has 0 aromatic heterocycles. The maximum absolute atomic E-state index is 12.3. The summed E-state index contributed by atoms with van der Waals surface area (Å²) in [6, 6.07) is 10.8. The molecule has 150 valence electrons. The largest absolute Gasteiger partial charge is 0.493 e. The van der Waals surface area contributed by atoms with Crippen LogP contribution in [-0.2, 0) is 9.59 Å². The highest BCUT2D eigenvalue weighted by Gasteiger charge is 2.24. The molecule has 29 heavy (non-hydrogen) atoms. The Labute approximate surface area is 187 Å². The standard InChI is InChI=1S/C19H14Br2N2O5S/c1-27-14-7-10(6-13(21)17(14)28-9-16(24)25)8-15-18(26)23-19(29-15)22-12-4-2-11(20)3-5-12/h2-8H,9H2,1H3,(H,24,25)(H,22,23,26). The van der Waals surface area contributed by atoms with Crippen molar-refractivity contribution in [1.82, 2.24) is 5.32 Å². The number of carbonyl (C=O) groups is 2. The average Bonchev–Trinajstić information content (AvgIpc) is 3.01. The Morgan fingerprint density at radius 2 is 2.00 bits per heavy atom. The lowest BCUT2D eigenvalue weighted by atomic mass is 10.2. The molecule has 2 aromatic carbocycles. The van der Waals surface area contributed by atoms with Gasteiger partial charge in [-0.3, -0.25) is 4.79 Å². The number of benzene rings is 2. The van der Waals surface area contributed by atoms with Crippen molar-refractivity contribution in [2.45, 2.75) is 0 Å². The van der Waals surface area contributed by atoms with Crippen LogP contribution in [-0.4, -0.2) is 35.9 Å². The number of nitrogens with zero attached hydrogens (tertiary/aromatic N) is 1. The number of carboxylic acids is 1. The van der Waals surface area contributed by atoms with Gasteiger partial charge in [-0.25, -0.2) is 9.79 Å². The van der Waals surface area contributed by atoms with Gasteiger partial charge < -0.3 is 19.9 Å². The van der Waals surface area contributed by atoms with E-state index in [0.717, 1.165) is 10.2 Å². The van der Waals surface area contributed by atoms with Crippen molar-refractivity contribution in [3.05, 3.63) is 55.8 Å². The van der Waals surface area contributed by atoms with Crippen molar-refractivity contribution in [3.8, 4) is 11.5 Å². The summed E-state index contributed by atoms with van der Waals surface area (Å²) in [5.74, 6) is -0.730. The van der Waals surface area contributed by atoms with Crippen molar-refractivity contribution >= 4 is 72.4 Å². The Morgan fingerprint density at radius 1 is 1.28 bits per heavy atom. The molecule has 1 heterocycles. The third-order valence-electron chi connectivity index (χ3n) is 3.60. The van der Waals surface area contributed by atoms with E-state index in [2.05, 4.69) is 42.2 Å². The van der Waals surface area contributed by atoms with E-state index < -0.39 is 12.6 Å². The number of amidine groups is 1. The van der Waals surface area contributed by atoms with Crippen LogP contribution in [0.3, 0.4) is 0 Å². The summed E-state index contributed by atoms with van der Waals surface area (Å²) in [6.45, 7) is -0.496. The maximum atomic E-state index is 12.3. The van der Waals surface area contributed by atoms with Gasteiger partial charge in [-0.05, 0) is 75.7 Å². The van der Waals surface area contributed by atoms with Crippen molar-refractivity contribution < 1.29 is 24.2 Å². The predicted molar refractivity (Wildman–Crippen MR) is 119 cm³/mol. The minimum Gasteiger partial charge on any atom is -0.493 e. The van der Waals surface area contributed by atoms with Gasteiger partial charge in [0.25, 0.3) is 5.91 Å².